The Bertz CT molecular complexity index is 753. The zero-order chi connectivity index (χ0) is 21.8. The molecule has 160 valence electrons. The first-order valence-electron chi connectivity index (χ1n) is 9.28. The minimum atomic E-state index is -4.23. The molecule has 0 radical (unpaired) electrons. The van der Waals surface area contributed by atoms with Crippen molar-refractivity contribution in [1.29, 1.82) is 0 Å². The highest BCUT2D eigenvalue weighted by atomic mass is 19.3. The van der Waals surface area contributed by atoms with Gasteiger partial charge < -0.3 is 19.3 Å². The van der Waals surface area contributed by atoms with Crippen molar-refractivity contribution in [1.82, 2.24) is 0 Å². The predicted molar refractivity (Wildman–Crippen MR) is 97.0 cm³/mol. The number of rotatable bonds is 7. The van der Waals surface area contributed by atoms with E-state index >= 15 is 0 Å². The highest BCUT2D eigenvalue weighted by molar-refractivity contribution is 5.90. The third kappa shape index (κ3) is 5.65. The summed E-state index contributed by atoms with van der Waals surface area (Å²) in [6.45, 7) is 4.47. The molecule has 2 rings (SSSR count). The maximum atomic E-state index is 13.8. The summed E-state index contributed by atoms with van der Waals surface area (Å²) in [5.41, 5.74) is -0.650. The molecule has 7 nitrogen and oxygen atoms in total. The van der Waals surface area contributed by atoms with E-state index in [1.807, 2.05) is 6.92 Å². The van der Waals surface area contributed by atoms with E-state index in [-0.39, 0.29) is 11.3 Å². The van der Waals surface area contributed by atoms with Crippen LogP contribution in [0.15, 0.2) is 24.3 Å². The van der Waals surface area contributed by atoms with Crippen molar-refractivity contribution in [3.8, 4) is 5.75 Å². The molecule has 0 saturated heterocycles. The van der Waals surface area contributed by atoms with Crippen LogP contribution < -0.4 is 4.74 Å². The summed E-state index contributed by atoms with van der Waals surface area (Å²) in [6.07, 6.45) is 0.448. The predicted octanol–water partition coefficient (Wildman–Crippen LogP) is 4.44. The molecule has 1 atom stereocenters. The Kier molecular flexibility index (Phi) is 6.81. The number of esters is 1. The van der Waals surface area contributed by atoms with E-state index in [1.54, 1.807) is 0 Å². The Balaban J connectivity index is 2.00. The maximum Gasteiger partial charge on any atom is 0.514 e. The van der Waals surface area contributed by atoms with Gasteiger partial charge in [0.15, 0.2) is 6.10 Å². The minimum absolute atomic E-state index is 0.0969. The van der Waals surface area contributed by atoms with Gasteiger partial charge in [0.2, 0.25) is 0 Å². The molecule has 0 amide bonds. The van der Waals surface area contributed by atoms with Crippen molar-refractivity contribution >= 4 is 18.1 Å². The minimum Gasteiger partial charge on any atom is -0.477 e. The molecule has 1 aromatic rings. The molecule has 0 spiro atoms. The van der Waals surface area contributed by atoms with Crippen molar-refractivity contribution in [2.24, 2.45) is 5.92 Å². The molecule has 1 aliphatic rings. The number of benzene rings is 1. The van der Waals surface area contributed by atoms with Gasteiger partial charge in [0, 0.05) is 0 Å². The number of hydrogen-bond acceptors (Lipinski definition) is 6. The normalized spacial score (nSPS) is 16.9. The molecule has 1 saturated carbocycles. The van der Waals surface area contributed by atoms with Gasteiger partial charge in [0.25, 0.3) is 0 Å². The topological polar surface area (TPSA) is 99.1 Å². The second-order valence-electron chi connectivity index (χ2n) is 7.63. The van der Waals surface area contributed by atoms with Gasteiger partial charge in [0.1, 0.15) is 11.4 Å². The number of aliphatic carboxylic acids is 1. The first-order chi connectivity index (χ1) is 13.4. The van der Waals surface area contributed by atoms with Gasteiger partial charge >= 0.3 is 24.0 Å². The van der Waals surface area contributed by atoms with Crippen molar-refractivity contribution in [2.75, 3.05) is 0 Å². The monoisotopic (exact) mass is 414 g/mol. The second-order valence-corrected chi connectivity index (χ2v) is 7.63. The average molecular weight is 414 g/mol. The lowest BCUT2D eigenvalue weighted by molar-refractivity contribution is -0.187. The first kappa shape index (κ1) is 22.6. The summed E-state index contributed by atoms with van der Waals surface area (Å²) in [5, 5.41) is 8.68. The van der Waals surface area contributed by atoms with Crippen LogP contribution >= 0.6 is 0 Å². The Morgan fingerprint density at radius 1 is 1.10 bits per heavy atom. The highest BCUT2D eigenvalue weighted by Crippen LogP contribution is 2.33. The van der Waals surface area contributed by atoms with Crippen LogP contribution in [0, 0.1) is 5.92 Å². The molecule has 1 unspecified atom stereocenters. The fourth-order valence-corrected chi connectivity index (χ4v) is 3.14. The van der Waals surface area contributed by atoms with Gasteiger partial charge in [-0.25, -0.2) is 14.4 Å². The molecule has 0 heterocycles. The number of ether oxygens (including phenoxy) is 3. The van der Waals surface area contributed by atoms with Crippen LogP contribution in [-0.4, -0.2) is 40.8 Å². The summed E-state index contributed by atoms with van der Waals surface area (Å²) in [6, 6.07) is 5.01. The van der Waals surface area contributed by atoms with E-state index < -0.39 is 41.6 Å². The van der Waals surface area contributed by atoms with E-state index in [4.69, 9.17) is 19.3 Å². The van der Waals surface area contributed by atoms with Crippen molar-refractivity contribution in [3.63, 3.8) is 0 Å². The van der Waals surface area contributed by atoms with Gasteiger partial charge in [-0.05, 0) is 62.8 Å². The summed E-state index contributed by atoms with van der Waals surface area (Å²) in [4.78, 5) is 34.8. The number of carboxylic acid groups (broad SMARTS) is 1. The van der Waals surface area contributed by atoms with Gasteiger partial charge in [-0.3, -0.25) is 0 Å². The van der Waals surface area contributed by atoms with Crippen LogP contribution in [0.3, 0.4) is 0 Å². The molecule has 0 aliphatic heterocycles. The smallest absolute Gasteiger partial charge is 0.477 e. The largest absolute Gasteiger partial charge is 0.514 e. The molecule has 1 aromatic carbocycles. The van der Waals surface area contributed by atoms with E-state index in [2.05, 4.69) is 0 Å². The van der Waals surface area contributed by atoms with Crippen LogP contribution in [-0.2, 0) is 14.3 Å². The lowest BCUT2D eigenvalue weighted by Crippen LogP contribution is -2.47. The zero-order valence-electron chi connectivity index (χ0n) is 16.4. The SMILES string of the molecule is CC(C)C(OC(=O)c1ccc(OC(=O)OC2(C)CCCC2)cc1)C(F)(F)C(=O)O. The standard InChI is InChI=1S/C20H24F2O7/c1-12(2)15(20(21,22)17(24)25)28-16(23)13-6-8-14(9-7-13)27-18(26)29-19(3)10-4-5-11-19/h6-9,12,15H,4-5,10-11H2,1-3H3,(H,24,25). The molecule has 0 aromatic heterocycles. The number of hydrogen-bond donors (Lipinski definition) is 1. The summed E-state index contributed by atoms with van der Waals surface area (Å²) in [7, 11) is 0. The molecule has 29 heavy (non-hydrogen) atoms. The highest BCUT2D eigenvalue weighted by Gasteiger charge is 2.51. The van der Waals surface area contributed by atoms with Crippen LogP contribution in [0.5, 0.6) is 5.75 Å². The molecule has 1 aliphatic carbocycles. The van der Waals surface area contributed by atoms with Crippen LogP contribution in [0.25, 0.3) is 0 Å². The number of alkyl halides is 2. The van der Waals surface area contributed by atoms with Crippen molar-refractivity contribution < 1.29 is 42.5 Å². The van der Waals surface area contributed by atoms with Crippen LogP contribution in [0.1, 0.15) is 56.8 Å². The second kappa shape index (κ2) is 8.75. The van der Waals surface area contributed by atoms with E-state index in [0.717, 1.165) is 25.7 Å². The summed E-state index contributed by atoms with van der Waals surface area (Å²) >= 11 is 0. The fraction of sp³-hybridized carbons (Fsp3) is 0.550. The Morgan fingerprint density at radius 2 is 1.66 bits per heavy atom. The molecule has 0 bridgehead atoms. The Hall–Kier alpha value is -2.71. The molecular weight excluding hydrogens is 390 g/mol. The van der Waals surface area contributed by atoms with E-state index in [0.29, 0.717) is 0 Å². The number of halogens is 2. The van der Waals surface area contributed by atoms with Crippen LogP contribution in [0.4, 0.5) is 13.6 Å². The number of carboxylic acids is 1. The van der Waals surface area contributed by atoms with Gasteiger partial charge in [-0.15, -0.1) is 0 Å². The van der Waals surface area contributed by atoms with Crippen molar-refractivity contribution in [2.45, 2.75) is 64.1 Å². The van der Waals surface area contributed by atoms with Gasteiger partial charge in [0.05, 0.1) is 5.56 Å². The van der Waals surface area contributed by atoms with E-state index in [9.17, 15) is 23.2 Å². The van der Waals surface area contributed by atoms with E-state index in [1.165, 1.54) is 38.1 Å². The Morgan fingerprint density at radius 3 is 2.14 bits per heavy atom. The third-order valence-corrected chi connectivity index (χ3v) is 4.76. The molecular formula is C20H24F2O7. The maximum absolute atomic E-state index is 13.8. The molecule has 1 N–H and O–H groups in total. The first-order valence-corrected chi connectivity index (χ1v) is 9.28. The Labute approximate surface area is 166 Å². The molecule has 9 heteroatoms. The average Bonchev–Trinajstić information content (AvgIpc) is 3.05. The lowest BCUT2D eigenvalue weighted by Gasteiger charge is -2.26. The fourth-order valence-electron chi connectivity index (χ4n) is 3.14. The molecule has 1 fully saturated rings. The third-order valence-electron chi connectivity index (χ3n) is 4.76. The summed E-state index contributed by atoms with van der Waals surface area (Å²) < 4.78 is 42.7. The number of carbonyl (C=O) groups is 3. The van der Waals surface area contributed by atoms with Gasteiger partial charge in [-0.2, -0.15) is 8.78 Å². The zero-order valence-corrected chi connectivity index (χ0v) is 16.4. The number of carbonyl (C=O) groups excluding carboxylic acids is 2. The van der Waals surface area contributed by atoms with Crippen LogP contribution in [0.2, 0.25) is 0 Å². The van der Waals surface area contributed by atoms with Gasteiger partial charge in [-0.1, -0.05) is 13.8 Å². The van der Waals surface area contributed by atoms with Crippen molar-refractivity contribution in [3.05, 3.63) is 29.8 Å². The quantitative estimate of drug-likeness (QED) is 0.520. The summed E-state index contributed by atoms with van der Waals surface area (Å²) in [5.74, 6) is -8.55. The lowest BCUT2D eigenvalue weighted by atomic mass is 10.0.